The Bertz CT molecular complexity index is 906. The van der Waals surface area contributed by atoms with Crippen LogP contribution in [0.1, 0.15) is 74.9 Å². The Balaban J connectivity index is 2.56. The normalized spacial score (nSPS) is 16.2. The molecule has 2 aromatic rings. The molecule has 2 nitrogen and oxygen atoms in total. The standard InChI is InChI=1S/C26H38O2Si/c1-15-11-19(25(3,4)5)23(27)21-17(15)13-29(9,10)14-18-16(2)12-20(26(6,7)8)24(28)22(18)21/h11-12,27-28H,13-14H2,1-10H3. The van der Waals surface area contributed by atoms with Crippen LogP contribution in [-0.4, -0.2) is 18.3 Å². The lowest BCUT2D eigenvalue weighted by atomic mass is 9.78. The zero-order valence-corrected chi connectivity index (χ0v) is 21.0. The first-order valence-electron chi connectivity index (χ1n) is 10.8. The second-order valence-corrected chi connectivity index (χ2v) is 16.9. The number of fused-ring (bicyclic) bond motifs is 3. The predicted molar refractivity (Wildman–Crippen MR) is 127 cm³/mol. The number of rotatable bonds is 0. The van der Waals surface area contributed by atoms with Crippen LogP contribution in [0, 0.1) is 13.8 Å². The molecule has 0 amide bonds. The van der Waals surface area contributed by atoms with Crippen molar-refractivity contribution in [2.24, 2.45) is 0 Å². The Morgan fingerprint density at radius 3 is 1.28 bits per heavy atom. The van der Waals surface area contributed by atoms with Crippen LogP contribution in [0.25, 0.3) is 11.1 Å². The molecule has 0 atom stereocenters. The van der Waals surface area contributed by atoms with Crippen molar-refractivity contribution in [2.75, 3.05) is 0 Å². The summed E-state index contributed by atoms with van der Waals surface area (Å²) in [6.45, 7) is 22.0. The van der Waals surface area contributed by atoms with E-state index in [0.717, 1.165) is 34.3 Å². The highest BCUT2D eigenvalue weighted by Gasteiger charge is 2.37. The van der Waals surface area contributed by atoms with Gasteiger partial charge in [-0.2, -0.15) is 0 Å². The van der Waals surface area contributed by atoms with Gasteiger partial charge in [0.2, 0.25) is 0 Å². The Hall–Kier alpha value is -1.74. The van der Waals surface area contributed by atoms with Gasteiger partial charge in [-0.1, -0.05) is 66.8 Å². The first kappa shape index (κ1) is 22.0. The lowest BCUT2D eigenvalue weighted by molar-refractivity contribution is 0.439. The molecular formula is C26H38O2Si. The molecule has 158 valence electrons. The van der Waals surface area contributed by atoms with Gasteiger partial charge in [0.15, 0.2) is 0 Å². The molecule has 29 heavy (non-hydrogen) atoms. The minimum absolute atomic E-state index is 0.171. The Kier molecular flexibility index (Phi) is 5.02. The van der Waals surface area contributed by atoms with Crippen molar-refractivity contribution in [3.8, 4) is 22.6 Å². The van der Waals surface area contributed by atoms with Crippen LogP contribution in [0.2, 0.25) is 13.1 Å². The number of benzene rings is 2. The van der Waals surface area contributed by atoms with Crippen LogP contribution in [-0.2, 0) is 22.9 Å². The average molecular weight is 411 g/mol. The second-order valence-electron chi connectivity index (χ2n) is 11.9. The quantitative estimate of drug-likeness (QED) is 0.466. The molecule has 1 aliphatic rings. The summed E-state index contributed by atoms with van der Waals surface area (Å²) in [7, 11) is -1.60. The van der Waals surface area contributed by atoms with Gasteiger partial charge in [-0.25, -0.2) is 0 Å². The van der Waals surface area contributed by atoms with Crippen LogP contribution in [0.15, 0.2) is 12.1 Å². The van der Waals surface area contributed by atoms with Gasteiger partial charge in [-0.3, -0.25) is 0 Å². The van der Waals surface area contributed by atoms with Crippen molar-refractivity contribution in [1.82, 2.24) is 0 Å². The van der Waals surface area contributed by atoms with E-state index < -0.39 is 8.07 Å². The molecule has 0 aromatic heterocycles. The molecule has 0 fully saturated rings. The molecule has 0 radical (unpaired) electrons. The minimum atomic E-state index is -1.60. The van der Waals surface area contributed by atoms with Crippen molar-refractivity contribution in [2.45, 2.75) is 91.4 Å². The Morgan fingerprint density at radius 1 is 0.690 bits per heavy atom. The number of hydrogen-bond donors (Lipinski definition) is 2. The zero-order chi connectivity index (χ0) is 22.1. The van der Waals surface area contributed by atoms with Gasteiger partial charge in [-0.05, 0) is 59.0 Å². The van der Waals surface area contributed by atoms with E-state index in [1.807, 2.05) is 0 Å². The summed E-state index contributed by atoms with van der Waals surface area (Å²) in [5, 5.41) is 23.1. The van der Waals surface area contributed by atoms with E-state index in [4.69, 9.17) is 0 Å². The molecule has 0 unspecified atom stereocenters. The summed E-state index contributed by atoms with van der Waals surface area (Å²) in [5.41, 5.74) is 8.26. The van der Waals surface area contributed by atoms with Crippen molar-refractivity contribution in [3.05, 3.63) is 45.5 Å². The molecule has 2 aromatic carbocycles. The largest absolute Gasteiger partial charge is 0.507 e. The first-order chi connectivity index (χ1) is 13.0. The number of phenolic OH excluding ortho intramolecular Hbond substituents is 2. The highest BCUT2D eigenvalue weighted by atomic mass is 28.3. The third-order valence-corrected chi connectivity index (χ3v) is 9.06. The Morgan fingerprint density at radius 2 is 1.00 bits per heavy atom. The maximum Gasteiger partial charge on any atom is 0.127 e. The lowest BCUT2D eigenvalue weighted by Crippen LogP contribution is -2.32. The highest BCUT2D eigenvalue weighted by Crippen LogP contribution is 2.52. The molecule has 2 N–H and O–H groups in total. The van der Waals surface area contributed by atoms with Crippen LogP contribution in [0.5, 0.6) is 11.5 Å². The van der Waals surface area contributed by atoms with Gasteiger partial charge in [0.25, 0.3) is 0 Å². The fraction of sp³-hybridized carbons (Fsp3) is 0.538. The van der Waals surface area contributed by atoms with E-state index in [-0.39, 0.29) is 10.8 Å². The van der Waals surface area contributed by atoms with Crippen molar-refractivity contribution in [3.63, 3.8) is 0 Å². The molecule has 0 spiro atoms. The monoisotopic (exact) mass is 410 g/mol. The highest BCUT2D eigenvalue weighted by molar-refractivity contribution is 6.76. The van der Waals surface area contributed by atoms with Crippen molar-refractivity contribution in [1.29, 1.82) is 0 Å². The Labute approximate surface area is 178 Å². The third-order valence-electron chi connectivity index (χ3n) is 6.44. The van der Waals surface area contributed by atoms with Crippen LogP contribution in [0.4, 0.5) is 0 Å². The van der Waals surface area contributed by atoms with Crippen molar-refractivity contribution >= 4 is 8.07 Å². The van der Waals surface area contributed by atoms with Gasteiger partial charge in [0.1, 0.15) is 11.5 Å². The SMILES string of the molecule is Cc1cc(C(C)(C)C)c(O)c2c1C[Si](C)(C)Cc1c(C)cc(C(C)(C)C)c(O)c1-2. The summed E-state index contributed by atoms with van der Waals surface area (Å²) in [6.07, 6.45) is 0. The maximum atomic E-state index is 11.6. The first-order valence-corrected chi connectivity index (χ1v) is 14.2. The van der Waals surface area contributed by atoms with E-state index in [1.54, 1.807) is 0 Å². The summed E-state index contributed by atoms with van der Waals surface area (Å²) >= 11 is 0. The third kappa shape index (κ3) is 3.74. The molecule has 0 saturated heterocycles. The summed E-state index contributed by atoms with van der Waals surface area (Å²) < 4.78 is 0. The van der Waals surface area contributed by atoms with Crippen LogP contribution >= 0.6 is 0 Å². The molecule has 1 aliphatic heterocycles. The summed E-state index contributed by atoms with van der Waals surface area (Å²) in [6, 6.07) is 6.37. The van der Waals surface area contributed by atoms with Gasteiger partial charge >= 0.3 is 0 Å². The van der Waals surface area contributed by atoms with E-state index in [9.17, 15) is 10.2 Å². The molecule has 0 bridgehead atoms. The van der Waals surface area contributed by atoms with Crippen LogP contribution < -0.4 is 0 Å². The number of aryl methyl sites for hydroxylation is 2. The molecule has 3 heteroatoms. The topological polar surface area (TPSA) is 40.5 Å². The smallest absolute Gasteiger partial charge is 0.127 e. The number of phenols is 2. The lowest BCUT2D eigenvalue weighted by Gasteiger charge is -2.28. The molecule has 0 aliphatic carbocycles. The summed E-state index contributed by atoms with van der Waals surface area (Å²) in [4.78, 5) is 0. The summed E-state index contributed by atoms with van der Waals surface area (Å²) in [5.74, 6) is 0.707. The number of hydrogen-bond acceptors (Lipinski definition) is 2. The number of aromatic hydroxyl groups is 2. The van der Waals surface area contributed by atoms with E-state index in [1.165, 1.54) is 22.3 Å². The molecule has 0 saturated carbocycles. The second kappa shape index (κ2) is 6.63. The van der Waals surface area contributed by atoms with Crippen molar-refractivity contribution < 1.29 is 10.2 Å². The predicted octanol–water partition coefficient (Wildman–Crippen LogP) is 6.86. The fourth-order valence-corrected chi connectivity index (χ4v) is 7.80. The van der Waals surface area contributed by atoms with Gasteiger partial charge in [0, 0.05) is 22.3 Å². The van der Waals surface area contributed by atoms with Crippen LogP contribution in [0.3, 0.4) is 0 Å². The maximum absolute atomic E-state index is 11.6. The van der Waals surface area contributed by atoms with E-state index >= 15 is 0 Å². The van der Waals surface area contributed by atoms with Gasteiger partial charge in [0.05, 0.1) is 8.07 Å². The zero-order valence-electron chi connectivity index (χ0n) is 20.0. The van der Waals surface area contributed by atoms with E-state index in [0.29, 0.717) is 11.5 Å². The minimum Gasteiger partial charge on any atom is -0.507 e. The fourth-order valence-electron chi connectivity index (χ4n) is 4.85. The molecule has 3 rings (SSSR count). The molecule has 1 heterocycles. The van der Waals surface area contributed by atoms with E-state index in [2.05, 4.69) is 80.6 Å². The molecular weight excluding hydrogens is 372 g/mol. The van der Waals surface area contributed by atoms with Gasteiger partial charge < -0.3 is 10.2 Å². The van der Waals surface area contributed by atoms with Gasteiger partial charge in [-0.15, -0.1) is 0 Å². The average Bonchev–Trinajstić information content (AvgIpc) is 2.66.